The SMILES string of the molecule is CC(C)(CC(O)(Cc1c(Cl)cnc2ccccc12)C(F)(F)F)c1cc(F)ccc1O. The number of pyridine rings is 1. The molecule has 1 heterocycles. The van der Waals surface area contributed by atoms with Gasteiger partial charge in [-0.25, -0.2) is 4.39 Å². The van der Waals surface area contributed by atoms with Crippen LogP contribution in [0.5, 0.6) is 5.75 Å². The molecule has 0 aliphatic rings. The zero-order chi connectivity index (χ0) is 22.3. The molecular weight excluding hydrogens is 422 g/mol. The van der Waals surface area contributed by atoms with Crippen LogP contribution in [0.1, 0.15) is 31.4 Å². The molecule has 0 fully saturated rings. The summed E-state index contributed by atoms with van der Waals surface area (Å²) < 4.78 is 56.0. The van der Waals surface area contributed by atoms with Gasteiger partial charge in [-0.3, -0.25) is 4.98 Å². The Hall–Kier alpha value is -2.38. The standard InChI is InChI=1S/C22H20ClF4NO2/c1-20(2,16-9-13(24)7-8-19(16)29)12-21(30,22(25,26)27)10-15-14-5-3-4-6-18(14)28-11-17(15)23/h3-9,11,29-30H,10,12H2,1-2H3. The highest BCUT2D eigenvalue weighted by Crippen LogP contribution is 2.46. The first-order valence-electron chi connectivity index (χ1n) is 9.14. The van der Waals surface area contributed by atoms with Crippen LogP contribution >= 0.6 is 11.6 Å². The third kappa shape index (κ3) is 4.23. The van der Waals surface area contributed by atoms with E-state index in [4.69, 9.17) is 11.6 Å². The van der Waals surface area contributed by atoms with Gasteiger partial charge in [0.2, 0.25) is 0 Å². The Labute approximate surface area is 175 Å². The fourth-order valence-corrected chi connectivity index (χ4v) is 4.00. The number of hydrogen-bond donors (Lipinski definition) is 2. The fourth-order valence-electron chi connectivity index (χ4n) is 3.79. The van der Waals surface area contributed by atoms with Crippen LogP contribution in [0, 0.1) is 5.82 Å². The number of aromatic nitrogens is 1. The van der Waals surface area contributed by atoms with E-state index in [-0.39, 0.29) is 21.9 Å². The van der Waals surface area contributed by atoms with Gasteiger partial charge in [0.25, 0.3) is 0 Å². The maximum absolute atomic E-state index is 14.1. The number of alkyl halides is 3. The quantitative estimate of drug-likeness (QED) is 0.482. The van der Waals surface area contributed by atoms with E-state index >= 15 is 0 Å². The second-order valence-corrected chi connectivity index (χ2v) is 8.44. The summed E-state index contributed by atoms with van der Waals surface area (Å²) in [5.41, 5.74) is -4.07. The van der Waals surface area contributed by atoms with Gasteiger partial charge in [-0.2, -0.15) is 13.2 Å². The minimum absolute atomic E-state index is 0.00258. The van der Waals surface area contributed by atoms with Crippen molar-refractivity contribution in [3.63, 3.8) is 0 Å². The summed E-state index contributed by atoms with van der Waals surface area (Å²) in [5, 5.41) is 21.4. The Balaban J connectivity index is 2.09. The number of phenols is 1. The maximum Gasteiger partial charge on any atom is 0.417 e. The maximum atomic E-state index is 14.1. The normalized spacial score (nSPS) is 14.7. The third-order valence-electron chi connectivity index (χ3n) is 5.25. The number of nitrogens with zero attached hydrogens (tertiary/aromatic N) is 1. The lowest BCUT2D eigenvalue weighted by Gasteiger charge is -2.38. The summed E-state index contributed by atoms with van der Waals surface area (Å²) in [5.74, 6) is -1.05. The van der Waals surface area contributed by atoms with Crippen LogP contribution in [0.25, 0.3) is 10.9 Å². The average molecular weight is 442 g/mol. The van der Waals surface area contributed by atoms with Gasteiger partial charge in [0.15, 0.2) is 5.60 Å². The minimum Gasteiger partial charge on any atom is -0.508 e. The Bertz CT molecular complexity index is 1080. The molecular formula is C22H20ClF4NO2. The van der Waals surface area contributed by atoms with Crippen LogP contribution in [-0.4, -0.2) is 27.0 Å². The van der Waals surface area contributed by atoms with E-state index in [0.717, 1.165) is 18.2 Å². The molecule has 2 N–H and O–H groups in total. The molecule has 0 saturated heterocycles. The predicted molar refractivity (Wildman–Crippen MR) is 107 cm³/mol. The molecule has 0 spiro atoms. The molecule has 2 aromatic carbocycles. The van der Waals surface area contributed by atoms with Crippen molar-refractivity contribution in [2.75, 3.05) is 0 Å². The van der Waals surface area contributed by atoms with Crippen molar-refractivity contribution in [2.45, 2.75) is 43.9 Å². The molecule has 0 aliphatic carbocycles. The summed E-state index contributed by atoms with van der Waals surface area (Å²) >= 11 is 6.16. The van der Waals surface area contributed by atoms with Gasteiger partial charge in [-0.1, -0.05) is 43.6 Å². The first-order chi connectivity index (χ1) is 13.8. The molecule has 30 heavy (non-hydrogen) atoms. The highest BCUT2D eigenvalue weighted by atomic mass is 35.5. The van der Waals surface area contributed by atoms with Gasteiger partial charge < -0.3 is 10.2 Å². The third-order valence-corrected chi connectivity index (χ3v) is 5.58. The highest BCUT2D eigenvalue weighted by Gasteiger charge is 2.56. The Kier molecular flexibility index (Phi) is 5.73. The molecule has 3 nitrogen and oxygen atoms in total. The van der Waals surface area contributed by atoms with E-state index < -0.39 is 35.9 Å². The number of aliphatic hydroxyl groups is 1. The van der Waals surface area contributed by atoms with Gasteiger partial charge in [0.1, 0.15) is 11.6 Å². The number of benzene rings is 2. The van der Waals surface area contributed by atoms with E-state index in [9.17, 15) is 27.8 Å². The molecule has 1 aromatic heterocycles. The van der Waals surface area contributed by atoms with Crippen molar-refractivity contribution in [1.29, 1.82) is 0 Å². The lowest BCUT2D eigenvalue weighted by Crippen LogP contribution is -2.51. The summed E-state index contributed by atoms with van der Waals surface area (Å²) in [6, 6.07) is 9.62. The molecule has 1 unspecified atom stereocenters. The molecule has 3 aromatic rings. The lowest BCUT2D eigenvalue weighted by atomic mass is 9.72. The van der Waals surface area contributed by atoms with Crippen LogP contribution in [0.4, 0.5) is 17.6 Å². The van der Waals surface area contributed by atoms with Crippen molar-refractivity contribution in [3.05, 3.63) is 70.6 Å². The Morgan fingerprint density at radius 1 is 1.07 bits per heavy atom. The molecule has 3 rings (SSSR count). The molecule has 8 heteroatoms. The number of aromatic hydroxyl groups is 1. The molecule has 160 valence electrons. The lowest BCUT2D eigenvalue weighted by molar-refractivity contribution is -0.266. The predicted octanol–water partition coefficient (Wildman–Crippen LogP) is 5.94. The summed E-state index contributed by atoms with van der Waals surface area (Å²) in [6.45, 7) is 2.81. The minimum atomic E-state index is -5.01. The Morgan fingerprint density at radius 2 is 1.73 bits per heavy atom. The number of hydrogen-bond acceptors (Lipinski definition) is 3. The van der Waals surface area contributed by atoms with Crippen LogP contribution < -0.4 is 0 Å². The summed E-state index contributed by atoms with van der Waals surface area (Å²) in [4.78, 5) is 4.11. The van der Waals surface area contributed by atoms with Crippen molar-refractivity contribution in [1.82, 2.24) is 4.98 Å². The van der Waals surface area contributed by atoms with Crippen LogP contribution in [0.15, 0.2) is 48.7 Å². The summed E-state index contributed by atoms with van der Waals surface area (Å²) in [6.07, 6.45) is -5.41. The fraction of sp³-hybridized carbons (Fsp3) is 0.318. The van der Waals surface area contributed by atoms with Crippen molar-refractivity contribution in [2.24, 2.45) is 0 Å². The zero-order valence-electron chi connectivity index (χ0n) is 16.3. The van der Waals surface area contributed by atoms with Crippen molar-refractivity contribution in [3.8, 4) is 5.75 Å². The smallest absolute Gasteiger partial charge is 0.417 e. The number of phenolic OH excluding ortho intramolecular Hbond substituents is 1. The second-order valence-electron chi connectivity index (χ2n) is 8.03. The van der Waals surface area contributed by atoms with E-state index in [2.05, 4.69) is 4.98 Å². The average Bonchev–Trinajstić information content (AvgIpc) is 2.64. The van der Waals surface area contributed by atoms with Gasteiger partial charge in [-0.15, -0.1) is 0 Å². The largest absolute Gasteiger partial charge is 0.508 e. The first-order valence-corrected chi connectivity index (χ1v) is 9.52. The summed E-state index contributed by atoms with van der Waals surface area (Å²) in [7, 11) is 0. The van der Waals surface area contributed by atoms with Gasteiger partial charge in [0.05, 0.1) is 10.5 Å². The number of rotatable bonds is 5. The molecule has 0 bridgehead atoms. The van der Waals surface area contributed by atoms with Crippen LogP contribution in [0.2, 0.25) is 5.02 Å². The monoisotopic (exact) mass is 441 g/mol. The van der Waals surface area contributed by atoms with E-state index in [1.54, 1.807) is 24.3 Å². The zero-order valence-corrected chi connectivity index (χ0v) is 17.0. The number of para-hydroxylation sites is 1. The van der Waals surface area contributed by atoms with Gasteiger partial charge >= 0.3 is 6.18 Å². The topological polar surface area (TPSA) is 53.4 Å². The van der Waals surface area contributed by atoms with Crippen molar-refractivity contribution < 1.29 is 27.8 Å². The van der Waals surface area contributed by atoms with E-state index in [0.29, 0.717) is 10.9 Å². The highest BCUT2D eigenvalue weighted by molar-refractivity contribution is 6.32. The van der Waals surface area contributed by atoms with E-state index in [1.165, 1.54) is 20.0 Å². The van der Waals surface area contributed by atoms with Crippen LogP contribution in [-0.2, 0) is 11.8 Å². The number of fused-ring (bicyclic) bond motifs is 1. The van der Waals surface area contributed by atoms with Crippen molar-refractivity contribution >= 4 is 22.5 Å². The van der Waals surface area contributed by atoms with Crippen LogP contribution in [0.3, 0.4) is 0 Å². The molecule has 0 radical (unpaired) electrons. The number of halogens is 5. The molecule has 0 amide bonds. The van der Waals surface area contributed by atoms with Gasteiger partial charge in [0, 0.05) is 23.6 Å². The first kappa shape index (κ1) is 22.3. The molecule has 0 saturated carbocycles. The molecule has 0 aliphatic heterocycles. The Morgan fingerprint density at radius 3 is 2.40 bits per heavy atom. The second kappa shape index (κ2) is 7.71. The molecule has 1 atom stereocenters. The van der Waals surface area contributed by atoms with Gasteiger partial charge in [-0.05, 0) is 41.7 Å². The van der Waals surface area contributed by atoms with E-state index in [1.807, 2.05) is 0 Å².